The zero-order valence-corrected chi connectivity index (χ0v) is 18.3. The maximum atomic E-state index is 13.1. The molecule has 0 aromatic carbocycles. The Morgan fingerprint density at radius 3 is 2.50 bits per heavy atom. The van der Waals surface area contributed by atoms with E-state index in [2.05, 4.69) is 34.6 Å². The van der Waals surface area contributed by atoms with E-state index >= 15 is 0 Å². The lowest BCUT2D eigenvalue weighted by Gasteiger charge is -2.35. The standard InChI is InChI=1S/C22H38O3S/c1-16(2)10-9-11-17(20(25)26-21(3,4)5)18-12-13-19(24)22(18,6)14-7-8-15-23/h7-8,16-18,23H,9-15H2,1-6H3/b8-7+/t17-,18-,22-/m1/s1. The average Bonchev–Trinajstić information content (AvgIpc) is 2.78. The van der Waals surface area contributed by atoms with Gasteiger partial charge < -0.3 is 5.11 Å². The van der Waals surface area contributed by atoms with Crippen LogP contribution in [0.15, 0.2) is 12.2 Å². The minimum absolute atomic E-state index is 0.00837. The Hall–Kier alpha value is -0.610. The van der Waals surface area contributed by atoms with Gasteiger partial charge in [0, 0.05) is 22.5 Å². The highest BCUT2D eigenvalue weighted by Crippen LogP contribution is 2.50. The molecule has 0 aromatic heterocycles. The number of carbonyl (C=O) groups is 2. The van der Waals surface area contributed by atoms with Crippen LogP contribution in [0, 0.1) is 23.2 Å². The molecule has 1 N–H and O–H groups in total. The molecule has 26 heavy (non-hydrogen) atoms. The van der Waals surface area contributed by atoms with E-state index in [4.69, 9.17) is 5.11 Å². The van der Waals surface area contributed by atoms with Crippen molar-refractivity contribution in [1.29, 1.82) is 0 Å². The summed E-state index contributed by atoms with van der Waals surface area (Å²) in [5.41, 5.74) is -0.484. The molecule has 0 radical (unpaired) electrons. The predicted octanol–water partition coefficient (Wildman–Crippen LogP) is 5.41. The van der Waals surface area contributed by atoms with E-state index in [0.29, 0.717) is 18.8 Å². The summed E-state index contributed by atoms with van der Waals surface area (Å²) in [7, 11) is 0. The largest absolute Gasteiger partial charge is 0.392 e. The highest BCUT2D eigenvalue weighted by molar-refractivity contribution is 8.14. The Morgan fingerprint density at radius 1 is 1.31 bits per heavy atom. The first-order valence-corrected chi connectivity index (χ1v) is 10.8. The zero-order valence-electron chi connectivity index (χ0n) is 17.5. The van der Waals surface area contributed by atoms with Gasteiger partial charge in [0.25, 0.3) is 0 Å². The summed E-state index contributed by atoms with van der Waals surface area (Å²) in [5, 5.41) is 9.27. The third-order valence-corrected chi connectivity index (χ3v) is 6.56. The van der Waals surface area contributed by atoms with Crippen LogP contribution in [0.25, 0.3) is 0 Å². The van der Waals surface area contributed by atoms with Crippen molar-refractivity contribution in [2.24, 2.45) is 23.2 Å². The maximum absolute atomic E-state index is 13.1. The number of rotatable bonds is 9. The number of carbonyl (C=O) groups excluding carboxylic acids is 2. The van der Waals surface area contributed by atoms with Gasteiger partial charge in [-0.25, -0.2) is 0 Å². The molecule has 0 saturated heterocycles. The van der Waals surface area contributed by atoms with E-state index in [-0.39, 0.29) is 34.1 Å². The van der Waals surface area contributed by atoms with Crippen LogP contribution in [0.4, 0.5) is 0 Å². The van der Waals surface area contributed by atoms with Crippen molar-refractivity contribution in [3.8, 4) is 0 Å². The van der Waals surface area contributed by atoms with E-state index in [1.165, 1.54) is 11.8 Å². The van der Waals surface area contributed by atoms with Crippen LogP contribution in [0.3, 0.4) is 0 Å². The van der Waals surface area contributed by atoms with Crippen LogP contribution in [0.2, 0.25) is 0 Å². The van der Waals surface area contributed by atoms with Gasteiger partial charge in [-0.05, 0) is 31.1 Å². The molecule has 4 heteroatoms. The number of hydrogen-bond acceptors (Lipinski definition) is 4. The molecule has 1 fully saturated rings. The summed E-state index contributed by atoms with van der Waals surface area (Å²) in [6.07, 6.45) is 8.63. The normalized spacial score (nSPS) is 25.4. The molecule has 1 saturated carbocycles. The SMILES string of the molecule is CC(C)CCC[C@@H](C(=O)SC(C)(C)C)[C@H]1CCC(=O)[C@]1(C)C/C=C/CO. The lowest BCUT2D eigenvalue weighted by atomic mass is 9.69. The molecule has 0 unspecified atom stereocenters. The molecule has 0 heterocycles. The van der Waals surface area contributed by atoms with Gasteiger partial charge in [0.1, 0.15) is 5.78 Å². The highest BCUT2D eigenvalue weighted by atomic mass is 32.2. The maximum Gasteiger partial charge on any atom is 0.192 e. The minimum Gasteiger partial charge on any atom is -0.392 e. The lowest BCUT2D eigenvalue weighted by Crippen LogP contribution is -2.36. The van der Waals surface area contributed by atoms with E-state index in [0.717, 1.165) is 25.7 Å². The van der Waals surface area contributed by atoms with Crippen LogP contribution in [0.5, 0.6) is 0 Å². The second-order valence-electron chi connectivity index (χ2n) is 9.31. The molecule has 0 aromatic rings. The van der Waals surface area contributed by atoms with Gasteiger partial charge in [-0.1, -0.05) is 78.3 Å². The fraction of sp³-hybridized carbons (Fsp3) is 0.818. The van der Waals surface area contributed by atoms with E-state index in [9.17, 15) is 9.59 Å². The molecule has 150 valence electrons. The first kappa shape index (κ1) is 23.4. The number of allylic oxidation sites excluding steroid dienone is 1. The molecule has 1 aliphatic rings. The molecule has 3 atom stereocenters. The second kappa shape index (κ2) is 10.1. The number of Topliss-reactive ketones (excluding diaryl/α,β-unsaturated/α-hetero) is 1. The van der Waals surface area contributed by atoms with Crippen molar-refractivity contribution in [2.75, 3.05) is 6.61 Å². The van der Waals surface area contributed by atoms with Crippen molar-refractivity contribution in [1.82, 2.24) is 0 Å². The van der Waals surface area contributed by atoms with Crippen molar-refractivity contribution in [2.45, 2.75) is 84.8 Å². The smallest absolute Gasteiger partial charge is 0.192 e. The van der Waals surface area contributed by atoms with Gasteiger partial charge in [-0.2, -0.15) is 0 Å². The van der Waals surface area contributed by atoms with Crippen molar-refractivity contribution in [3.63, 3.8) is 0 Å². The molecule has 0 spiro atoms. The van der Waals surface area contributed by atoms with Gasteiger partial charge in [-0.15, -0.1) is 0 Å². The Labute approximate surface area is 164 Å². The highest BCUT2D eigenvalue weighted by Gasteiger charge is 2.50. The number of thioether (sulfide) groups is 1. The van der Waals surface area contributed by atoms with E-state index in [1.807, 2.05) is 13.0 Å². The first-order chi connectivity index (χ1) is 12.0. The summed E-state index contributed by atoms with van der Waals surface area (Å²) in [5.74, 6) is 0.947. The molecule has 1 rings (SSSR count). The summed E-state index contributed by atoms with van der Waals surface area (Å²) < 4.78 is -0.108. The number of hydrogen-bond donors (Lipinski definition) is 1. The topological polar surface area (TPSA) is 54.4 Å². The monoisotopic (exact) mass is 382 g/mol. The first-order valence-electron chi connectivity index (χ1n) is 10.0. The van der Waals surface area contributed by atoms with Crippen LogP contribution in [-0.4, -0.2) is 27.4 Å². The Kier molecular flexibility index (Phi) is 9.08. The summed E-state index contributed by atoms with van der Waals surface area (Å²) in [6, 6.07) is 0. The Bertz CT molecular complexity index is 504. The summed E-state index contributed by atoms with van der Waals surface area (Å²) in [4.78, 5) is 25.8. The summed E-state index contributed by atoms with van der Waals surface area (Å²) in [6.45, 7) is 12.7. The van der Waals surface area contributed by atoms with Crippen LogP contribution in [0.1, 0.15) is 80.1 Å². The van der Waals surface area contributed by atoms with Crippen LogP contribution >= 0.6 is 11.8 Å². The van der Waals surface area contributed by atoms with Crippen LogP contribution in [-0.2, 0) is 9.59 Å². The van der Waals surface area contributed by atoms with E-state index in [1.54, 1.807) is 6.08 Å². The van der Waals surface area contributed by atoms with Gasteiger partial charge in [-0.3, -0.25) is 9.59 Å². The van der Waals surface area contributed by atoms with Gasteiger partial charge in [0.15, 0.2) is 5.12 Å². The predicted molar refractivity (Wildman–Crippen MR) is 111 cm³/mol. The van der Waals surface area contributed by atoms with Gasteiger partial charge in [0.2, 0.25) is 0 Å². The quantitative estimate of drug-likeness (QED) is 0.542. The second-order valence-corrected chi connectivity index (χ2v) is 11.1. The van der Waals surface area contributed by atoms with Crippen LogP contribution < -0.4 is 0 Å². The lowest BCUT2D eigenvalue weighted by molar-refractivity contribution is -0.128. The molecular weight excluding hydrogens is 344 g/mol. The van der Waals surface area contributed by atoms with Crippen molar-refractivity contribution in [3.05, 3.63) is 12.2 Å². The third-order valence-electron chi connectivity index (χ3n) is 5.44. The number of aliphatic hydroxyl groups is 1. The average molecular weight is 383 g/mol. The fourth-order valence-electron chi connectivity index (χ4n) is 4.02. The van der Waals surface area contributed by atoms with Crippen molar-refractivity contribution < 1.29 is 14.7 Å². The Morgan fingerprint density at radius 2 is 1.96 bits per heavy atom. The number of ketones is 1. The molecule has 0 amide bonds. The molecular formula is C22H38O3S. The molecule has 3 nitrogen and oxygen atoms in total. The van der Waals surface area contributed by atoms with Gasteiger partial charge in [0.05, 0.1) is 6.61 Å². The third kappa shape index (κ3) is 6.84. The van der Waals surface area contributed by atoms with Crippen molar-refractivity contribution >= 4 is 22.7 Å². The van der Waals surface area contributed by atoms with E-state index < -0.39 is 5.41 Å². The molecule has 1 aliphatic carbocycles. The molecule has 0 aliphatic heterocycles. The molecule has 0 bridgehead atoms. The fourth-order valence-corrected chi connectivity index (χ4v) is 5.05. The Balaban J connectivity index is 3.03. The zero-order chi connectivity index (χ0) is 20.0. The summed E-state index contributed by atoms with van der Waals surface area (Å²) >= 11 is 1.43. The van der Waals surface area contributed by atoms with Gasteiger partial charge >= 0.3 is 0 Å². The number of aliphatic hydroxyl groups excluding tert-OH is 1. The minimum atomic E-state index is -0.484.